The highest BCUT2D eigenvalue weighted by Gasteiger charge is 2.13. The van der Waals surface area contributed by atoms with E-state index in [1.165, 1.54) is 0 Å². The Bertz CT molecular complexity index is 1730. The number of carbonyl (C=O) groups is 3. The summed E-state index contributed by atoms with van der Waals surface area (Å²) in [5.74, 6) is -0.156. The van der Waals surface area contributed by atoms with Gasteiger partial charge in [-0.2, -0.15) is 0 Å². The lowest BCUT2D eigenvalue weighted by Crippen LogP contribution is -2.43. The van der Waals surface area contributed by atoms with Crippen LogP contribution in [0.4, 0.5) is 0 Å². The predicted octanol–water partition coefficient (Wildman–Crippen LogP) is 3.81. The number of rotatable bonds is 15. The summed E-state index contributed by atoms with van der Waals surface area (Å²) in [6, 6.07) is 23.8. The van der Waals surface area contributed by atoms with Crippen molar-refractivity contribution in [1.82, 2.24) is 35.8 Å². The van der Waals surface area contributed by atoms with Crippen LogP contribution in [0.25, 0.3) is 32.7 Å². The molecule has 10 nitrogen and oxygen atoms in total. The molecular weight excluding hydrogens is 578 g/mol. The fraction of sp³-hybridized carbons (Fsp3) is 0.250. The van der Waals surface area contributed by atoms with Crippen molar-refractivity contribution in [3.8, 4) is 0 Å². The van der Waals surface area contributed by atoms with Crippen molar-refractivity contribution in [2.24, 2.45) is 0 Å². The van der Waals surface area contributed by atoms with Crippen LogP contribution in [0.3, 0.4) is 0 Å². The van der Waals surface area contributed by atoms with E-state index in [9.17, 15) is 14.4 Å². The van der Waals surface area contributed by atoms with Gasteiger partial charge in [-0.25, -0.2) is 0 Å². The van der Waals surface area contributed by atoms with Crippen molar-refractivity contribution in [3.63, 3.8) is 0 Å². The lowest BCUT2D eigenvalue weighted by atomic mass is 10.1. The molecule has 3 aromatic heterocycles. The van der Waals surface area contributed by atoms with E-state index in [0.29, 0.717) is 39.3 Å². The van der Waals surface area contributed by atoms with E-state index in [1.807, 2.05) is 91.4 Å². The average Bonchev–Trinajstić information content (AvgIpc) is 3.78. The lowest BCUT2D eigenvalue weighted by Gasteiger charge is -2.23. The highest BCUT2D eigenvalue weighted by atomic mass is 16.2. The predicted molar refractivity (Wildman–Crippen MR) is 181 cm³/mol. The van der Waals surface area contributed by atoms with E-state index in [-0.39, 0.29) is 37.0 Å². The summed E-state index contributed by atoms with van der Waals surface area (Å²) < 4.78 is 0. The summed E-state index contributed by atoms with van der Waals surface area (Å²) in [5, 5.41) is 12.2. The Hall–Kier alpha value is -5.35. The maximum atomic E-state index is 12.8. The number of amides is 3. The summed E-state index contributed by atoms with van der Waals surface area (Å²) in [6.07, 6.45) is 6.52. The molecule has 3 amide bonds. The van der Waals surface area contributed by atoms with Gasteiger partial charge in [-0.1, -0.05) is 54.6 Å². The standard InChI is InChI=1S/C36H39N7O3/c44-34(19-25-22-40-31-10-4-1-7-28(25)31)37-13-16-43(17-14-38-35(45)20-26-23-41-32-11-5-2-8-29(26)32)18-15-39-36(46)21-27-24-42-33-12-6-3-9-30(27)33/h1-12,22-24,40-42H,13-21H2,(H,37,44)(H,38,45)(H,39,46). The van der Waals surface area contributed by atoms with Crippen LogP contribution < -0.4 is 16.0 Å². The van der Waals surface area contributed by atoms with Gasteiger partial charge in [0.15, 0.2) is 0 Å². The molecule has 0 unspecified atom stereocenters. The third-order valence-electron chi connectivity index (χ3n) is 8.33. The number of hydrogen-bond acceptors (Lipinski definition) is 4. The molecule has 0 saturated heterocycles. The second kappa shape index (κ2) is 14.6. The molecule has 6 rings (SSSR count). The monoisotopic (exact) mass is 617 g/mol. The zero-order chi connectivity index (χ0) is 31.7. The maximum absolute atomic E-state index is 12.8. The van der Waals surface area contributed by atoms with Crippen molar-refractivity contribution >= 4 is 50.4 Å². The lowest BCUT2D eigenvalue weighted by molar-refractivity contribution is -0.121. The van der Waals surface area contributed by atoms with Gasteiger partial charge in [-0.3, -0.25) is 19.3 Å². The molecule has 0 radical (unpaired) electrons. The Labute approximate surface area is 266 Å². The van der Waals surface area contributed by atoms with Crippen molar-refractivity contribution in [2.45, 2.75) is 19.3 Å². The molecule has 0 aliphatic carbocycles. The summed E-state index contributed by atoms with van der Waals surface area (Å²) in [4.78, 5) is 50.1. The number of aromatic amines is 3. The smallest absolute Gasteiger partial charge is 0.224 e. The SMILES string of the molecule is O=C(Cc1c[nH]c2ccccc12)NCCN(CCNC(=O)Cc1c[nH]c2ccccc12)CCNC(=O)Cc1c[nH]c2ccccc12. The molecule has 0 aliphatic rings. The third kappa shape index (κ3) is 7.65. The minimum absolute atomic E-state index is 0.0521. The first-order valence-electron chi connectivity index (χ1n) is 15.7. The van der Waals surface area contributed by atoms with E-state index in [4.69, 9.17) is 0 Å². The van der Waals surface area contributed by atoms with Gasteiger partial charge >= 0.3 is 0 Å². The molecule has 0 atom stereocenters. The van der Waals surface area contributed by atoms with Gasteiger partial charge in [0.2, 0.25) is 17.7 Å². The van der Waals surface area contributed by atoms with Crippen LogP contribution in [0.5, 0.6) is 0 Å². The van der Waals surface area contributed by atoms with Crippen molar-refractivity contribution < 1.29 is 14.4 Å². The molecule has 3 heterocycles. The Morgan fingerprint density at radius 1 is 0.478 bits per heavy atom. The normalized spacial score (nSPS) is 11.4. The number of nitrogens with zero attached hydrogens (tertiary/aromatic N) is 1. The number of benzene rings is 3. The number of carbonyl (C=O) groups excluding carboxylic acids is 3. The fourth-order valence-electron chi connectivity index (χ4n) is 5.94. The molecule has 236 valence electrons. The fourth-order valence-corrected chi connectivity index (χ4v) is 5.94. The third-order valence-corrected chi connectivity index (χ3v) is 8.33. The second-order valence-corrected chi connectivity index (χ2v) is 11.5. The van der Waals surface area contributed by atoms with Gasteiger partial charge in [0.1, 0.15) is 0 Å². The molecule has 0 saturated carbocycles. The highest BCUT2D eigenvalue weighted by molar-refractivity contribution is 5.90. The molecule has 6 N–H and O–H groups in total. The van der Waals surface area contributed by atoms with Crippen LogP contribution in [0.15, 0.2) is 91.4 Å². The summed E-state index contributed by atoms with van der Waals surface area (Å²) in [5.41, 5.74) is 5.90. The summed E-state index contributed by atoms with van der Waals surface area (Å²) in [6.45, 7) is 3.10. The first-order valence-corrected chi connectivity index (χ1v) is 15.7. The number of fused-ring (bicyclic) bond motifs is 3. The first kappa shape index (κ1) is 30.7. The maximum Gasteiger partial charge on any atom is 0.224 e. The number of hydrogen-bond donors (Lipinski definition) is 6. The van der Waals surface area contributed by atoms with Gasteiger partial charge in [0.05, 0.1) is 19.3 Å². The van der Waals surface area contributed by atoms with E-state index in [0.717, 1.165) is 49.4 Å². The van der Waals surface area contributed by atoms with Gasteiger partial charge in [-0.15, -0.1) is 0 Å². The largest absolute Gasteiger partial charge is 0.361 e. The van der Waals surface area contributed by atoms with E-state index >= 15 is 0 Å². The topological polar surface area (TPSA) is 138 Å². The number of aromatic nitrogens is 3. The molecule has 0 fully saturated rings. The minimum Gasteiger partial charge on any atom is -0.361 e. The zero-order valence-electron chi connectivity index (χ0n) is 25.7. The molecule has 0 bridgehead atoms. The second-order valence-electron chi connectivity index (χ2n) is 11.5. The number of nitrogens with one attached hydrogen (secondary N) is 6. The summed E-state index contributed by atoms with van der Waals surface area (Å²) >= 11 is 0. The molecule has 0 spiro atoms. The van der Waals surface area contributed by atoms with E-state index in [1.54, 1.807) is 0 Å². The van der Waals surface area contributed by atoms with Gasteiger partial charge < -0.3 is 30.9 Å². The molecule has 6 aromatic rings. The Morgan fingerprint density at radius 3 is 1.11 bits per heavy atom. The highest BCUT2D eigenvalue weighted by Crippen LogP contribution is 2.20. The molecule has 0 aliphatic heterocycles. The van der Waals surface area contributed by atoms with Crippen LogP contribution >= 0.6 is 0 Å². The summed E-state index contributed by atoms with van der Waals surface area (Å²) in [7, 11) is 0. The number of H-pyrrole nitrogens is 3. The van der Waals surface area contributed by atoms with Crippen LogP contribution in [0.1, 0.15) is 16.7 Å². The Kier molecular flexibility index (Phi) is 9.75. The van der Waals surface area contributed by atoms with Crippen LogP contribution in [0, 0.1) is 0 Å². The molecule has 10 heteroatoms. The van der Waals surface area contributed by atoms with Crippen LogP contribution in [0.2, 0.25) is 0 Å². The van der Waals surface area contributed by atoms with E-state index in [2.05, 4.69) is 35.8 Å². The zero-order valence-corrected chi connectivity index (χ0v) is 25.7. The molecule has 46 heavy (non-hydrogen) atoms. The first-order chi connectivity index (χ1) is 22.5. The van der Waals surface area contributed by atoms with Gasteiger partial charge in [-0.05, 0) is 34.9 Å². The van der Waals surface area contributed by atoms with Crippen LogP contribution in [-0.2, 0) is 33.6 Å². The van der Waals surface area contributed by atoms with Crippen molar-refractivity contribution in [1.29, 1.82) is 0 Å². The average molecular weight is 618 g/mol. The Balaban J connectivity index is 0.992. The number of para-hydroxylation sites is 3. The van der Waals surface area contributed by atoms with E-state index < -0.39 is 0 Å². The molecule has 3 aromatic carbocycles. The minimum atomic E-state index is -0.0521. The van der Waals surface area contributed by atoms with Crippen LogP contribution in [-0.4, -0.2) is 76.8 Å². The Morgan fingerprint density at radius 2 is 0.783 bits per heavy atom. The van der Waals surface area contributed by atoms with Crippen molar-refractivity contribution in [2.75, 3.05) is 39.3 Å². The van der Waals surface area contributed by atoms with Gasteiger partial charge in [0, 0.05) is 90.6 Å². The van der Waals surface area contributed by atoms with Crippen molar-refractivity contribution in [3.05, 3.63) is 108 Å². The quantitative estimate of drug-likeness (QED) is 0.104. The molecular formula is C36H39N7O3. The van der Waals surface area contributed by atoms with Gasteiger partial charge in [0.25, 0.3) is 0 Å².